The molecule has 1 nitrogen and oxygen atoms in total. The summed E-state index contributed by atoms with van der Waals surface area (Å²) >= 11 is 5.92. The molecule has 0 radical (unpaired) electrons. The molecule has 2 aromatic rings. The lowest BCUT2D eigenvalue weighted by atomic mass is 9.96. The molecular formula is C13H13ClO. The van der Waals surface area contributed by atoms with Gasteiger partial charge in [0, 0.05) is 5.02 Å². The van der Waals surface area contributed by atoms with Crippen LogP contribution in [0.3, 0.4) is 0 Å². The number of hydrogen-bond acceptors (Lipinski definition) is 1. The van der Waals surface area contributed by atoms with Crippen LogP contribution >= 0.6 is 11.6 Å². The number of phenolic OH excluding ortho intramolecular Hbond substituents is 1. The molecule has 2 heteroatoms. The van der Waals surface area contributed by atoms with Crippen LogP contribution in [0, 0.1) is 0 Å². The van der Waals surface area contributed by atoms with Crippen molar-refractivity contribution < 1.29 is 5.11 Å². The maximum atomic E-state index is 9.61. The largest absolute Gasteiger partial charge is 0.508 e. The molecule has 0 fully saturated rings. The van der Waals surface area contributed by atoms with E-state index in [0.717, 1.165) is 16.3 Å². The first kappa shape index (κ1) is 10.3. The van der Waals surface area contributed by atoms with Gasteiger partial charge in [0.1, 0.15) is 5.75 Å². The lowest BCUT2D eigenvalue weighted by Gasteiger charge is -2.11. The van der Waals surface area contributed by atoms with Crippen molar-refractivity contribution in [3.63, 3.8) is 0 Å². The van der Waals surface area contributed by atoms with E-state index in [2.05, 4.69) is 13.8 Å². The zero-order valence-electron chi connectivity index (χ0n) is 8.79. The van der Waals surface area contributed by atoms with Crippen molar-refractivity contribution in [2.24, 2.45) is 0 Å². The predicted molar refractivity (Wildman–Crippen MR) is 64.7 cm³/mol. The Morgan fingerprint density at radius 1 is 1.13 bits per heavy atom. The molecule has 0 atom stereocenters. The van der Waals surface area contributed by atoms with Crippen molar-refractivity contribution in [1.82, 2.24) is 0 Å². The molecule has 0 heterocycles. The lowest BCUT2D eigenvalue weighted by Crippen LogP contribution is -1.89. The summed E-state index contributed by atoms with van der Waals surface area (Å²) in [6.45, 7) is 4.23. The molecule has 0 amide bonds. The van der Waals surface area contributed by atoms with Crippen LogP contribution in [-0.2, 0) is 0 Å². The highest BCUT2D eigenvalue weighted by Crippen LogP contribution is 2.31. The molecule has 0 aliphatic rings. The Morgan fingerprint density at radius 2 is 1.87 bits per heavy atom. The fraction of sp³-hybridized carbons (Fsp3) is 0.231. The quantitative estimate of drug-likeness (QED) is 0.759. The molecule has 0 aliphatic carbocycles. The van der Waals surface area contributed by atoms with Crippen LogP contribution in [0.15, 0.2) is 30.3 Å². The Hall–Kier alpha value is -1.21. The Bertz CT molecular complexity index is 498. The second-order valence-corrected chi connectivity index (χ2v) is 4.49. The third-order valence-corrected chi connectivity index (χ3v) is 2.79. The Morgan fingerprint density at radius 3 is 2.53 bits per heavy atom. The first-order valence-corrected chi connectivity index (χ1v) is 5.38. The third kappa shape index (κ3) is 1.93. The average Bonchev–Trinajstić information content (AvgIpc) is 2.15. The highest BCUT2D eigenvalue weighted by Gasteiger charge is 2.07. The van der Waals surface area contributed by atoms with E-state index in [1.165, 1.54) is 0 Å². The third-order valence-electron chi connectivity index (χ3n) is 2.55. The van der Waals surface area contributed by atoms with Gasteiger partial charge in [0.25, 0.3) is 0 Å². The van der Waals surface area contributed by atoms with E-state index in [9.17, 15) is 5.11 Å². The van der Waals surface area contributed by atoms with Gasteiger partial charge in [-0.2, -0.15) is 0 Å². The molecule has 0 saturated heterocycles. The zero-order chi connectivity index (χ0) is 11.0. The number of benzene rings is 2. The Labute approximate surface area is 94.3 Å². The molecular weight excluding hydrogens is 208 g/mol. The van der Waals surface area contributed by atoms with Crippen LogP contribution in [0.25, 0.3) is 10.8 Å². The van der Waals surface area contributed by atoms with Crippen LogP contribution in [0.1, 0.15) is 25.3 Å². The van der Waals surface area contributed by atoms with Gasteiger partial charge < -0.3 is 5.11 Å². The number of aromatic hydroxyl groups is 1. The van der Waals surface area contributed by atoms with E-state index in [0.29, 0.717) is 16.7 Å². The summed E-state index contributed by atoms with van der Waals surface area (Å²) < 4.78 is 0. The van der Waals surface area contributed by atoms with E-state index >= 15 is 0 Å². The SMILES string of the molecule is CC(C)c1cc(O)cc2cc(Cl)ccc12. The summed E-state index contributed by atoms with van der Waals surface area (Å²) in [5, 5.41) is 12.5. The zero-order valence-corrected chi connectivity index (χ0v) is 9.55. The summed E-state index contributed by atoms with van der Waals surface area (Å²) in [5.74, 6) is 0.689. The number of hydrogen-bond donors (Lipinski definition) is 1. The van der Waals surface area contributed by atoms with E-state index in [4.69, 9.17) is 11.6 Å². The minimum absolute atomic E-state index is 0.300. The van der Waals surface area contributed by atoms with Crippen LogP contribution in [0.4, 0.5) is 0 Å². The van der Waals surface area contributed by atoms with Crippen LogP contribution in [0.2, 0.25) is 5.02 Å². The van der Waals surface area contributed by atoms with E-state index < -0.39 is 0 Å². The summed E-state index contributed by atoms with van der Waals surface area (Å²) in [7, 11) is 0. The van der Waals surface area contributed by atoms with Crippen molar-refractivity contribution in [2.45, 2.75) is 19.8 Å². The Kier molecular flexibility index (Phi) is 2.57. The highest BCUT2D eigenvalue weighted by molar-refractivity contribution is 6.31. The standard InChI is InChI=1S/C13H13ClO/c1-8(2)13-7-11(15)6-9-5-10(14)3-4-12(9)13/h3-8,15H,1-2H3. The molecule has 0 saturated carbocycles. The lowest BCUT2D eigenvalue weighted by molar-refractivity contribution is 0.475. The highest BCUT2D eigenvalue weighted by atomic mass is 35.5. The van der Waals surface area contributed by atoms with Gasteiger partial charge in [-0.25, -0.2) is 0 Å². The molecule has 0 bridgehead atoms. The topological polar surface area (TPSA) is 20.2 Å². The summed E-state index contributed by atoms with van der Waals surface area (Å²) in [6, 6.07) is 9.33. The smallest absolute Gasteiger partial charge is 0.116 e. The van der Waals surface area contributed by atoms with Gasteiger partial charge in [0.2, 0.25) is 0 Å². The molecule has 2 aromatic carbocycles. The van der Waals surface area contributed by atoms with E-state index in [-0.39, 0.29) is 0 Å². The van der Waals surface area contributed by atoms with Gasteiger partial charge in [-0.1, -0.05) is 31.5 Å². The maximum Gasteiger partial charge on any atom is 0.116 e. The minimum atomic E-state index is 0.300. The van der Waals surface area contributed by atoms with Crippen molar-refractivity contribution >= 4 is 22.4 Å². The van der Waals surface area contributed by atoms with Gasteiger partial charge in [0.15, 0.2) is 0 Å². The fourth-order valence-corrected chi connectivity index (χ4v) is 2.01. The second-order valence-electron chi connectivity index (χ2n) is 4.06. The normalized spacial score (nSPS) is 11.2. The van der Waals surface area contributed by atoms with Crippen LogP contribution in [0.5, 0.6) is 5.75 Å². The van der Waals surface area contributed by atoms with Gasteiger partial charge in [-0.3, -0.25) is 0 Å². The number of fused-ring (bicyclic) bond motifs is 1. The molecule has 0 unspecified atom stereocenters. The van der Waals surface area contributed by atoms with Gasteiger partial charge in [0.05, 0.1) is 0 Å². The molecule has 2 rings (SSSR count). The maximum absolute atomic E-state index is 9.61. The number of phenols is 1. The number of rotatable bonds is 1. The molecule has 1 N–H and O–H groups in total. The fourth-order valence-electron chi connectivity index (χ4n) is 1.83. The molecule has 0 aromatic heterocycles. The van der Waals surface area contributed by atoms with Gasteiger partial charge >= 0.3 is 0 Å². The van der Waals surface area contributed by atoms with Crippen molar-refractivity contribution in [1.29, 1.82) is 0 Å². The average molecular weight is 221 g/mol. The van der Waals surface area contributed by atoms with Crippen molar-refractivity contribution in [3.05, 3.63) is 40.9 Å². The minimum Gasteiger partial charge on any atom is -0.508 e. The second kappa shape index (κ2) is 3.74. The summed E-state index contributed by atoms with van der Waals surface area (Å²) in [5.41, 5.74) is 1.15. The van der Waals surface area contributed by atoms with E-state index in [1.807, 2.05) is 24.3 Å². The van der Waals surface area contributed by atoms with Gasteiger partial charge in [-0.15, -0.1) is 0 Å². The number of halogens is 1. The van der Waals surface area contributed by atoms with Crippen LogP contribution in [-0.4, -0.2) is 5.11 Å². The summed E-state index contributed by atoms with van der Waals surface area (Å²) in [4.78, 5) is 0. The molecule has 0 spiro atoms. The first-order chi connectivity index (χ1) is 7.08. The Balaban J connectivity index is 2.80. The predicted octanol–water partition coefficient (Wildman–Crippen LogP) is 4.32. The molecule has 15 heavy (non-hydrogen) atoms. The monoisotopic (exact) mass is 220 g/mol. The van der Waals surface area contributed by atoms with Crippen molar-refractivity contribution in [2.75, 3.05) is 0 Å². The van der Waals surface area contributed by atoms with Gasteiger partial charge in [-0.05, 0) is 46.5 Å². The van der Waals surface area contributed by atoms with E-state index in [1.54, 1.807) is 6.07 Å². The molecule has 78 valence electrons. The molecule has 0 aliphatic heterocycles. The summed E-state index contributed by atoms with van der Waals surface area (Å²) in [6.07, 6.45) is 0. The van der Waals surface area contributed by atoms with Crippen LogP contribution < -0.4 is 0 Å². The van der Waals surface area contributed by atoms with Crippen molar-refractivity contribution in [3.8, 4) is 5.75 Å². The first-order valence-electron chi connectivity index (χ1n) is 5.00.